The summed E-state index contributed by atoms with van der Waals surface area (Å²) in [4.78, 5) is 50.6. The molecule has 0 saturated heterocycles. The number of nitro benzene ring substituents is 2. The van der Waals surface area contributed by atoms with Gasteiger partial charge >= 0.3 is 35.5 Å². The number of aliphatic hydroxyl groups is 3. The monoisotopic (exact) mass is 1900 g/mol. The Morgan fingerprint density at radius 3 is 1.34 bits per heavy atom. The van der Waals surface area contributed by atoms with Crippen LogP contribution in [0.25, 0.3) is 22.1 Å². The van der Waals surface area contributed by atoms with Gasteiger partial charge < -0.3 is 67.4 Å². The molecule has 0 bridgehead atoms. The zero-order valence-corrected chi connectivity index (χ0v) is 78.3. The number of nitro groups is 2. The van der Waals surface area contributed by atoms with Gasteiger partial charge in [0.2, 0.25) is 11.6 Å². The average Bonchev–Trinajstić information content (AvgIpc) is 1.62. The van der Waals surface area contributed by atoms with Gasteiger partial charge in [0.25, 0.3) is 11.4 Å². The SMILES string of the molecule is Br.CCOC(=O)C(Cc1ccc(C)cc1)Nc1ccccc1[N+](=O)[O-].Cc1ccc(CBr)cc1.Cc1ccc(CC(C=O)Nc2ccccc2[N+](=O)[O-])cc1.Cc1ccc(Cn2c(=N)n(CC(CO)c3ccccc3)c3ccccc32)cc1.N#CBr.Nc1ccccc1NCC(CO)c1ccccc1.Nc1nc2ccccc2n1CC(CO)c1ccccc1.[B].[H-].[Na+]. The van der Waals surface area contributed by atoms with Crippen LogP contribution in [0.1, 0.15) is 87.3 Å². The number of fused-ring (bicyclic) bond motifs is 2. The minimum absolute atomic E-state index is 0. The van der Waals surface area contributed by atoms with Crippen LogP contribution < -0.4 is 62.6 Å². The summed E-state index contributed by atoms with van der Waals surface area (Å²) in [7, 11) is 0. The molecule has 12 aromatic carbocycles. The third-order valence-corrected chi connectivity index (χ3v) is 20.6. The van der Waals surface area contributed by atoms with Crippen molar-refractivity contribution in [3.63, 3.8) is 0 Å². The molecule has 14 aromatic rings. The van der Waals surface area contributed by atoms with Crippen molar-refractivity contribution in [2.24, 2.45) is 0 Å². The Morgan fingerprint density at radius 2 is 0.905 bits per heavy atom. The number of esters is 1. The number of hydrogen-bond acceptors (Lipinski definition) is 18. The van der Waals surface area contributed by atoms with Crippen molar-refractivity contribution in [1.29, 1.82) is 10.7 Å². The number of aromatic nitrogens is 4. The third kappa shape index (κ3) is 32.9. The number of aliphatic hydroxyl groups excluding tert-OH is 3. The molecule has 2 heterocycles. The first-order valence-corrected chi connectivity index (χ1v) is 41.9. The molecule has 11 N–H and O–H groups in total. The van der Waals surface area contributed by atoms with E-state index in [1.807, 2.05) is 228 Å². The number of aryl methyl sites for hydroxylation is 4. The van der Waals surface area contributed by atoms with Crippen LogP contribution in [-0.2, 0) is 52.1 Å². The second kappa shape index (κ2) is 56.2. The molecule has 0 aliphatic carbocycles. The first kappa shape index (κ1) is 105. The molecule has 2 aromatic heterocycles. The van der Waals surface area contributed by atoms with Crippen molar-refractivity contribution in [3.8, 4) is 4.98 Å². The summed E-state index contributed by atoms with van der Waals surface area (Å²) in [5, 5.41) is 77.4. The van der Waals surface area contributed by atoms with Crippen LogP contribution in [0.3, 0.4) is 0 Å². The second-order valence-corrected chi connectivity index (χ2v) is 29.8. The zero-order chi connectivity index (χ0) is 88.4. The van der Waals surface area contributed by atoms with Gasteiger partial charge in [0.15, 0.2) is 0 Å². The van der Waals surface area contributed by atoms with Gasteiger partial charge in [-0.3, -0.25) is 25.6 Å². The van der Waals surface area contributed by atoms with Crippen LogP contribution in [0.4, 0.5) is 40.1 Å². The van der Waals surface area contributed by atoms with E-state index in [9.17, 15) is 45.1 Å². The fourth-order valence-corrected chi connectivity index (χ4v) is 13.6. The zero-order valence-electron chi connectivity index (χ0n) is 72.4. The van der Waals surface area contributed by atoms with Crippen molar-refractivity contribution in [2.75, 3.05) is 60.4 Å². The maximum absolute atomic E-state index is 12.2. The molecule has 126 heavy (non-hydrogen) atoms. The summed E-state index contributed by atoms with van der Waals surface area (Å²) in [5.74, 6) is 0.0904. The summed E-state index contributed by atoms with van der Waals surface area (Å²) in [5.41, 5.74) is 31.0. The number of carbonyl (C=O) groups excluding carboxylic acids is 2. The number of halogens is 3. The fourth-order valence-electron chi connectivity index (χ4n) is 13.2. The van der Waals surface area contributed by atoms with Gasteiger partial charge in [-0.1, -0.05) is 287 Å². The van der Waals surface area contributed by atoms with Gasteiger partial charge in [0.05, 0.1) is 82.3 Å². The largest absolute Gasteiger partial charge is 1.00 e. The normalized spacial score (nSPS) is 11.4. The molecular weight excluding hydrogens is 1790 g/mol. The number of para-hydroxylation sites is 10. The number of nitrogens with one attached hydrogen (secondary N) is 4. The van der Waals surface area contributed by atoms with Crippen molar-refractivity contribution >= 4 is 132 Å². The minimum Gasteiger partial charge on any atom is -1.00 e. The van der Waals surface area contributed by atoms with Gasteiger partial charge in [-0.25, -0.2) is 9.78 Å². The van der Waals surface area contributed by atoms with E-state index in [4.69, 9.17) is 26.9 Å². The number of carbonyl (C=O) groups is 2. The molecule has 0 aliphatic rings. The first-order valence-electron chi connectivity index (χ1n) is 40.0. The number of rotatable bonds is 29. The fraction of sp³-hybridized carbons (Fsp3) is 0.214. The van der Waals surface area contributed by atoms with Crippen molar-refractivity contribution in [3.05, 3.63) is 396 Å². The number of aldehydes is 1. The van der Waals surface area contributed by atoms with Crippen molar-refractivity contribution < 1.29 is 70.5 Å². The standard InChI is InChI=1S/C24H25N3O.C18H20N2O4.C16H17N3O.C16H16N2O3.C15H18N2O.C8H9Br.CBrN.B.BrH.Na.H/c1-18-11-13-19(14-12-18)15-26-22-9-5-6-10-23(22)27(24(26)25)16-21(17-28)20-7-3-2-4-8-20;1-3-24-18(21)16(12-14-10-8-13(2)9-11-14)19-15-6-4-5-7-17(15)20(22)23;17-16-18-14-8-4-5-9-15(14)19(16)10-13(11-20)12-6-2-1-3-7-12;1-12-6-8-13(9-7-12)10-14(11-19)17-15-4-2-3-5-16(15)18(20)21;16-14-8-4-5-9-15(14)17-10-13(11-18)12-6-2-1-3-7-12;1-7-2-4-8(6-9)5-3-7;2-1-3;;;;/h2-14,21,25,28H,15-17H2,1H3;4-11,16,19H,3,12H2,1-2H3;1-9,13,20H,10-11H2,(H2,17,18);2-9,11,14,17H,10H2,1H3;1-9,13,17-18H,10-11,16H2;2-5H,6H2,1H3;;;1H;;/q;;;;;;;;;+1;-1. The molecule has 0 fully saturated rings. The van der Waals surface area contributed by atoms with Gasteiger partial charge in [-0.05, 0) is 129 Å². The van der Waals surface area contributed by atoms with Crippen LogP contribution in [0, 0.1) is 63.6 Å². The van der Waals surface area contributed by atoms with Crippen molar-refractivity contribution in [2.45, 2.75) is 102 Å². The number of ether oxygens (including phenoxy) is 1. The van der Waals surface area contributed by atoms with Gasteiger partial charge in [0, 0.05) is 85.6 Å². The van der Waals surface area contributed by atoms with Crippen LogP contribution in [-0.4, -0.2) is 110 Å². The number of benzene rings is 12. The topological polar surface area (TPSA) is 354 Å². The third-order valence-electron chi connectivity index (χ3n) is 19.9. The molecular formula is C98H107BBr3N13NaO10. The molecule has 5 unspecified atom stereocenters. The van der Waals surface area contributed by atoms with E-state index in [2.05, 4.69) is 127 Å². The van der Waals surface area contributed by atoms with E-state index in [0.29, 0.717) is 62.0 Å². The average molecular weight is 1900 g/mol. The van der Waals surface area contributed by atoms with Crippen molar-refractivity contribution in [1.82, 2.24) is 18.7 Å². The summed E-state index contributed by atoms with van der Waals surface area (Å²) in [6.07, 6.45) is 1.64. The summed E-state index contributed by atoms with van der Waals surface area (Å²) in [6, 6.07) is 97.6. The molecule has 5 atom stereocenters. The Labute approximate surface area is 789 Å². The maximum atomic E-state index is 12.2. The van der Waals surface area contributed by atoms with E-state index in [-0.39, 0.29) is 112 Å². The summed E-state index contributed by atoms with van der Waals surface area (Å²) >= 11 is 5.83. The number of hydrogen-bond donors (Lipinski definition) is 9. The van der Waals surface area contributed by atoms with E-state index in [1.165, 1.54) is 34.4 Å². The Bertz CT molecular complexity index is 5710. The summed E-state index contributed by atoms with van der Waals surface area (Å²) < 4.78 is 11.1. The smallest absolute Gasteiger partial charge is 1.00 e. The van der Waals surface area contributed by atoms with Gasteiger partial charge in [-0.2, -0.15) is 5.26 Å². The molecule has 14 rings (SSSR count). The van der Waals surface area contributed by atoms with Crippen LogP contribution >= 0.6 is 48.8 Å². The molecule has 0 amide bonds. The Kier molecular flexibility index (Phi) is 46.7. The first-order chi connectivity index (χ1) is 59.6. The Hall–Kier alpha value is -11.8. The van der Waals surface area contributed by atoms with Crippen LogP contribution in [0.2, 0.25) is 0 Å². The summed E-state index contributed by atoms with van der Waals surface area (Å²) in [6.45, 7) is 12.9. The Morgan fingerprint density at radius 1 is 0.532 bits per heavy atom. The predicted octanol–water partition coefficient (Wildman–Crippen LogP) is 16.6. The second-order valence-electron chi connectivity index (χ2n) is 28.9. The minimum atomic E-state index is -0.700. The molecule has 0 aliphatic heterocycles. The number of nitrogen functional groups attached to an aromatic ring is 2. The van der Waals surface area contributed by atoms with Crippen LogP contribution in [0.15, 0.2) is 309 Å². The van der Waals surface area contributed by atoms with Gasteiger partial charge in [-0.15, -0.1) is 17.0 Å². The molecule has 0 spiro atoms. The van der Waals surface area contributed by atoms with E-state index < -0.39 is 27.9 Å². The van der Waals surface area contributed by atoms with Gasteiger partial charge in [0.1, 0.15) is 28.7 Å². The van der Waals surface area contributed by atoms with E-state index in [1.54, 1.807) is 48.3 Å². The number of alkyl halides is 1. The molecule has 28 heteroatoms. The molecule has 23 nitrogen and oxygen atoms in total. The van der Waals surface area contributed by atoms with E-state index in [0.717, 1.165) is 84.0 Å². The number of nitriles is 1. The Balaban J connectivity index is 0.000000321. The molecule has 0 saturated carbocycles. The number of nitrogens with two attached hydrogens (primary N) is 2. The van der Waals surface area contributed by atoms with Crippen LogP contribution in [0.5, 0.6) is 0 Å². The van der Waals surface area contributed by atoms with E-state index >= 15 is 0 Å². The quantitative estimate of drug-likeness (QED) is 0.00400. The molecule has 3 radical (unpaired) electrons. The maximum Gasteiger partial charge on any atom is 1.00 e. The predicted molar refractivity (Wildman–Crippen MR) is 517 cm³/mol. The number of imidazole rings is 2. The number of nitrogens with zero attached hydrogens (tertiary/aromatic N) is 7. The number of anilines is 5. The molecule has 649 valence electrons.